The molecule has 10 aromatic rings. The smallest absolute Gasteiger partial charge is 0.166 e. The number of hydrogen-bond donors (Lipinski definition) is 0. The number of fused-ring (bicyclic) bond motifs is 8. The van der Waals surface area contributed by atoms with Crippen molar-refractivity contribution in [2.75, 3.05) is 0 Å². The number of rotatable bonds is 4. The van der Waals surface area contributed by atoms with Crippen molar-refractivity contribution in [3.05, 3.63) is 151 Å². The summed E-state index contributed by atoms with van der Waals surface area (Å²) in [5.74, 6) is 1.67. The second-order valence-corrected chi connectivity index (χ2v) is 13.5. The van der Waals surface area contributed by atoms with Crippen LogP contribution in [0.25, 0.3) is 98.2 Å². The third kappa shape index (κ3) is 4.55. The fourth-order valence-corrected chi connectivity index (χ4v) is 8.58. The Morgan fingerprint density at radius 1 is 0.449 bits per heavy atom. The van der Waals surface area contributed by atoms with Gasteiger partial charge in [-0.3, -0.25) is 0 Å². The van der Waals surface area contributed by atoms with Crippen LogP contribution in [0, 0.1) is 0 Å². The van der Waals surface area contributed by atoms with Crippen LogP contribution >= 0.6 is 22.9 Å². The molecule has 7 aromatic carbocycles. The van der Waals surface area contributed by atoms with E-state index in [0.29, 0.717) is 22.5 Å². The molecule has 0 aliphatic carbocycles. The molecule has 0 N–H and O–H groups in total. The summed E-state index contributed by atoms with van der Waals surface area (Å²) in [7, 11) is 0. The molecule has 3 heterocycles. The molecule has 3 aromatic heterocycles. The Hall–Kier alpha value is -5.88. The minimum absolute atomic E-state index is 0.528. The fraction of sp³-hybridized carbons (Fsp3) is 0. The summed E-state index contributed by atoms with van der Waals surface area (Å²) in [4.78, 5) is 15.5. The van der Waals surface area contributed by atoms with Crippen LogP contribution in [0.15, 0.2) is 150 Å². The van der Waals surface area contributed by atoms with Crippen molar-refractivity contribution in [1.29, 1.82) is 0 Å². The highest BCUT2D eigenvalue weighted by atomic mass is 35.5. The molecule has 0 fully saturated rings. The zero-order valence-electron chi connectivity index (χ0n) is 25.9. The van der Waals surface area contributed by atoms with Gasteiger partial charge in [-0.2, -0.15) is 0 Å². The van der Waals surface area contributed by atoms with Crippen molar-refractivity contribution < 1.29 is 4.42 Å². The van der Waals surface area contributed by atoms with Crippen LogP contribution in [0.2, 0.25) is 5.02 Å². The maximum Gasteiger partial charge on any atom is 0.166 e. The van der Waals surface area contributed by atoms with Crippen molar-refractivity contribution in [3.63, 3.8) is 0 Å². The Labute approximate surface area is 289 Å². The lowest BCUT2D eigenvalue weighted by atomic mass is 9.99. The standard InChI is InChI=1S/C43H24ClN3OS/c44-39-37-32-18-7-9-20-36(32)49-40(37)31-17-5-4-16-30(31)38(39)43-46-41(27-14-10-13-26(23-27)25-11-2-1-3-12-25)45-42(47-43)28-21-22-35-33(24-28)29-15-6-8-19-34(29)48-35/h1-24H. The highest BCUT2D eigenvalue weighted by molar-refractivity contribution is 7.26. The first-order valence-electron chi connectivity index (χ1n) is 16.0. The largest absolute Gasteiger partial charge is 0.456 e. The van der Waals surface area contributed by atoms with E-state index in [-0.39, 0.29) is 0 Å². The Kier molecular flexibility index (Phi) is 6.38. The molecule has 49 heavy (non-hydrogen) atoms. The molecule has 0 saturated heterocycles. The SMILES string of the molecule is Clc1c(-c2nc(-c3cccc(-c4ccccc4)c3)nc(-c3ccc4oc5ccccc5c4c3)n2)c2ccccc2c2sc3ccccc3c12. The first-order chi connectivity index (χ1) is 24.2. The molecule has 0 saturated carbocycles. The molecule has 0 bridgehead atoms. The third-order valence-corrected chi connectivity index (χ3v) is 10.8. The van der Waals surface area contributed by atoms with Gasteiger partial charge in [-0.1, -0.05) is 121 Å². The normalized spacial score (nSPS) is 11.8. The van der Waals surface area contributed by atoms with Gasteiger partial charge in [-0.15, -0.1) is 11.3 Å². The molecular weight excluding hydrogens is 642 g/mol. The first kappa shape index (κ1) is 28.2. The highest BCUT2D eigenvalue weighted by Crippen LogP contribution is 2.47. The predicted octanol–water partition coefficient (Wildman–Crippen LogP) is 12.6. The number of benzene rings is 7. The molecule has 6 heteroatoms. The highest BCUT2D eigenvalue weighted by Gasteiger charge is 2.22. The van der Waals surface area contributed by atoms with Gasteiger partial charge < -0.3 is 4.42 Å². The molecule has 4 nitrogen and oxygen atoms in total. The molecular formula is C43H24ClN3OS. The van der Waals surface area contributed by atoms with Gasteiger partial charge in [-0.25, -0.2) is 15.0 Å². The molecule has 0 atom stereocenters. The van der Waals surface area contributed by atoms with Crippen LogP contribution in [-0.4, -0.2) is 15.0 Å². The molecule has 0 unspecified atom stereocenters. The lowest BCUT2D eigenvalue weighted by Crippen LogP contribution is -2.01. The van der Waals surface area contributed by atoms with Crippen molar-refractivity contribution >= 4 is 75.8 Å². The Balaban J connectivity index is 1.27. The number of para-hydroxylation sites is 1. The molecule has 0 radical (unpaired) electrons. The van der Waals surface area contributed by atoms with Crippen molar-refractivity contribution in [1.82, 2.24) is 15.0 Å². The second kappa shape index (κ2) is 11.1. The summed E-state index contributed by atoms with van der Waals surface area (Å²) in [5, 5.41) is 6.98. The summed E-state index contributed by atoms with van der Waals surface area (Å²) in [6.07, 6.45) is 0. The van der Waals surface area contributed by atoms with Crippen molar-refractivity contribution in [2.24, 2.45) is 0 Å². The average Bonchev–Trinajstić information content (AvgIpc) is 3.74. The average molecular weight is 666 g/mol. The van der Waals surface area contributed by atoms with Gasteiger partial charge in [0, 0.05) is 53.0 Å². The molecule has 0 spiro atoms. The van der Waals surface area contributed by atoms with Gasteiger partial charge >= 0.3 is 0 Å². The first-order valence-corrected chi connectivity index (χ1v) is 17.2. The van der Waals surface area contributed by atoms with Gasteiger partial charge in [0.15, 0.2) is 17.5 Å². The van der Waals surface area contributed by atoms with Crippen LogP contribution in [0.5, 0.6) is 0 Å². The minimum atomic E-state index is 0.528. The van der Waals surface area contributed by atoms with E-state index in [9.17, 15) is 0 Å². The van der Waals surface area contributed by atoms with E-state index < -0.39 is 0 Å². The number of hydrogen-bond acceptors (Lipinski definition) is 5. The van der Waals surface area contributed by atoms with Gasteiger partial charge in [0.05, 0.1) is 5.02 Å². The van der Waals surface area contributed by atoms with Crippen LogP contribution in [0.3, 0.4) is 0 Å². The van der Waals surface area contributed by atoms with Crippen LogP contribution in [-0.2, 0) is 0 Å². The lowest BCUT2D eigenvalue weighted by Gasteiger charge is -2.14. The summed E-state index contributed by atoms with van der Waals surface area (Å²) < 4.78 is 8.50. The van der Waals surface area contributed by atoms with Gasteiger partial charge in [0.25, 0.3) is 0 Å². The lowest BCUT2D eigenvalue weighted by molar-refractivity contribution is 0.669. The number of thiophene rings is 1. The molecule has 0 aliphatic heterocycles. The van der Waals surface area contributed by atoms with Crippen LogP contribution < -0.4 is 0 Å². The zero-order valence-corrected chi connectivity index (χ0v) is 27.5. The predicted molar refractivity (Wildman–Crippen MR) is 204 cm³/mol. The maximum atomic E-state index is 7.50. The quantitative estimate of drug-likeness (QED) is 0.188. The number of furan rings is 1. The monoisotopic (exact) mass is 665 g/mol. The Bertz CT molecular complexity index is 2910. The number of halogens is 1. The van der Waals surface area contributed by atoms with E-state index in [2.05, 4.69) is 91.0 Å². The van der Waals surface area contributed by atoms with E-state index >= 15 is 0 Å². The van der Waals surface area contributed by atoms with Crippen LogP contribution in [0.1, 0.15) is 0 Å². The second-order valence-electron chi connectivity index (χ2n) is 12.1. The molecule has 230 valence electrons. The Morgan fingerprint density at radius 3 is 1.90 bits per heavy atom. The topological polar surface area (TPSA) is 51.8 Å². The minimum Gasteiger partial charge on any atom is -0.456 e. The van der Waals surface area contributed by atoms with Gasteiger partial charge in [-0.05, 0) is 52.9 Å². The summed E-state index contributed by atoms with van der Waals surface area (Å²) in [6.45, 7) is 0. The van der Waals surface area contributed by atoms with E-state index in [1.165, 1.54) is 4.70 Å². The Morgan fingerprint density at radius 2 is 1.06 bits per heavy atom. The van der Waals surface area contributed by atoms with E-state index in [4.69, 9.17) is 31.0 Å². The molecule has 0 aliphatic rings. The van der Waals surface area contributed by atoms with E-state index in [1.807, 2.05) is 54.6 Å². The van der Waals surface area contributed by atoms with Crippen molar-refractivity contribution in [2.45, 2.75) is 0 Å². The molecule has 10 rings (SSSR count). The molecule has 0 amide bonds. The van der Waals surface area contributed by atoms with E-state index in [1.54, 1.807) is 11.3 Å². The summed E-state index contributed by atoms with van der Waals surface area (Å²) in [5.41, 5.74) is 6.43. The van der Waals surface area contributed by atoms with Crippen molar-refractivity contribution in [3.8, 4) is 45.3 Å². The van der Waals surface area contributed by atoms with Crippen LogP contribution in [0.4, 0.5) is 0 Å². The number of aromatic nitrogens is 3. The summed E-state index contributed by atoms with van der Waals surface area (Å²) in [6, 6.07) is 49.7. The van der Waals surface area contributed by atoms with Gasteiger partial charge in [0.1, 0.15) is 11.2 Å². The van der Waals surface area contributed by atoms with Gasteiger partial charge in [0.2, 0.25) is 0 Å². The summed E-state index contributed by atoms with van der Waals surface area (Å²) >= 11 is 9.27. The fourth-order valence-electron chi connectivity index (χ4n) is 6.89. The third-order valence-electron chi connectivity index (χ3n) is 9.20. The zero-order chi connectivity index (χ0) is 32.5. The maximum absolute atomic E-state index is 7.50. The van der Waals surface area contributed by atoms with E-state index in [0.717, 1.165) is 76.0 Å². The number of nitrogens with zero attached hydrogens (tertiary/aromatic N) is 3.